The molecule has 0 aliphatic carbocycles. The second kappa shape index (κ2) is 19.5. The molecular weight excluding hydrogens is 856 g/mol. The molecule has 6 heterocycles. The van der Waals surface area contributed by atoms with Crippen LogP contribution in [0.25, 0.3) is 0 Å². The zero-order chi connectivity index (χ0) is 46.1. The van der Waals surface area contributed by atoms with Crippen molar-refractivity contribution in [3.8, 4) is 0 Å². The molecule has 6 rings (SSSR count). The monoisotopic (exact) mass is 908 g/mol. The first kappa shape index (κ1) is 48.3. The standard InChI is InChI=1S/C38H52O25/c1-14(39)46-11-22-25(49-16(3)41)28(52-19(6)44)32-35(57-22)62-37(9,60-32)48-13-24-27(51-18(5)43)30(31-34(56-24)55-21(8)54-31)59-38(10)61-33-29(53-20(7)45)26(50-17(4)42)23(12-47-15(2)40)58-36(33)63-38/h21-36H,11-13H2,1-10H3/t21-,22+,23+,24+,25+,26-,27-,28-,29+,30-,31+,32+,33-,34+,35-,36+,37-,38+/m1/s1. The molecule has 25 heteroatoms. The van der Waals surface area contributed by atoms with E-state index in [0.29, 0.717) is 0 Å². The summed E-state index contributed by atoms with van der Waals surface area (Å²) in [6.45, 7) is 10.9. The predicted molar refractivity (Wildman–Crippen MR) is 192 cm³/mol. The van der Waals surface area contributed by atoms with Gasteiger partial charge >= 0.3 is 41.8 Å². The molecule has 0 saturated carbocycles. The van der Waals surface area contributed by atoms with Crippen molar-refractivity contribution in [2.75, 3.05) is 19.8 Å². The molecule has 0 bridgehead atoms. The van der Waals surface area contributed by atoms with Crippen LogP contribution >= 0.6 is 0 Å². The molecule has 0 N–H and O–H groups in total. The maximum absolute atomic E-state index is 12.7. The van der Waals surface area contributed by atoms with Gasteiger partial charge in [0.05, 0.1) is 6.61 Å². The van der Waals surface area contributed by atoms with E-state index in [4.69, 9.17) is 85.3 Å². The minimum absolute atomic E-state index is 0.411. The molecule has 0 amide bonds. The van der Waals surface area contributed by atoms with Gasteiger partial charge in [0.2, 0.25) is 0 Å². The number of esters is 7. The summed E-state index contributed by atoms with van der Waals surface area (Å²) >= 11 is 0. The minimum atomic E-state index is -2.11. The van der Waals surface area contributed by atoms with E-state index in [1.54, 1.807) is 6.92 Å². The average molecular weight is 909 g/mol. The van der Waals surface area contributed by atoms with Crippen LogP contribution in [0.1, 0.15) is 69.2 Å². The van der Waals surface area contributed by atoms with E-state index < -0.39 is 172 Å². The summed E-state index contributed by atoms with van der Waals surface area (Å²) < 4.78 is 105. The topological polar surface area (TPSA) is 286 Å². The van der Waals surface area contributed by atoms with Crippen LogP contribution in [0.3, 0.4) is 0 Å². The van der Waals surface area contributed by atoms with Crippen molar-refractivity contribution < 1.29 is 119 Å². The molecule has 0 unspecified atom stereocenters. The zero-order valence-electron chi connectivity index (χ0n) is 36.1. The lowest BCUT2D eigenvalue weighted by Gasteiger charge is -2.44. The van der Waals surface area contributed by atoms with Crippen molar-refractivity contribution >= 4 is 41.8 Å². The second-order valence-electron chi connectivity index (χ2n) is 15.4. The maximum atomic E-state index is 12.7. The van der Waals surface area contributed by atoms with Gasteiger partial charge in [-0.3, -0.25) is 43.0 Å². The quantitative estimate of drug-likeness (QED) is 0.154. The highest BCUT2D eigenvalue weighted by atomic mass is 17.0. The van der Waals surface area contributed by atoms with Crippen LogP contribution in [0.2, 0.25) is 0 Å². The highest BCUT2D eigenvalue weighted by molar-refractivity contribution is 5.69. The predicted octanol–water partition coefficient (Wildman–Crippen LogP) is -0.713. The van der Waals surface area contributed by atoms with Crippen molar-refractivity contribution in [2.45, 2.75) is 180 Å². The van der Waals surface area contributed by atoms with Crippen molar-refractivity contribution in [2.24, 2.45) is 0 Å². The van der Waals surface area contributed by atoms with Crippen molar-refractivity contribution in [3.05, 3.63) is 0 Å². The highest BCUT2D eigenvalue weighted by Gasteiger charge is 2.64. The average Bonchev–Trinajstić information content (AvgIpc) is 3.82. The van der Waals surface area contributed by atoms with Gasteiger partial charge in [0.25, 0.3) is 11.9 Å². The first-order chi connectivity index (χ1) is 29.5. The fourth-order valence-electron chi connectivity index (χ4n) is 7.94. The molecule has 6 aliphatic heterocycles. The number of rotatable bonds is 14. The van der Waals surface area contributed by atoms with E-state index in [-0.39, 0.29) is 0 Å². The summed E-state index contributed by atoms with van der Waals surface area (Å²) in [5, 5.41) is 0. The number of carbonyl (C=O) groups excluding carboxylic acids is 7. The molecule has 0 aromatic rings. The summed E-state index contributed by atoms with van der Waals surface area (Å²) in [4.78, 5) is 85.1. The molecule has 0 aromatic carbocycles. The van der Waals surface area contributed by atoms with Gasteiger partial charge in [0, 0.05) is 62.3 Å². The summed E-state index contributed by atoms with van der Waals surface area (Å²) in [5.74, 6) is -9.30. The van der Waals surface area contributed by atoms with Crippen LogP contribution in [0.5, 0.6) is 0 Å². The van der Waals surface area contributed by atoms with E-state index >= 15 is 0 Å². The molecule has 6 aliphatic rings. The molecule has 0 spiro atoms. The lowest BCUT2D eigenvalue weighted by Crippen LogP contribution is -2.62. The van der Waals surface area contributed by atoms with Crippen LogP contribution in [0.15, 0.2) is 0 Å². The molecule has 25 nitrogen and oxygen atoms in total. The summed E-state index contributed by atoms with van der Waals surface area (Å²) in [6.07, 6.45) is -20.1. The number of fused-ring (bicyclic) bond motifs is 3. The van der Waals surface area contributed by atoms with Crippen LogP contribution in [0.4, 0.5) is 0 Å². The first-order valence-corrected chi connectivity index (χ1v) is 20.0. The molecular formula is C38H52O25. The summed E-state index contributed by atoms with van der Waals surface area (Å²) in [5.41, 5.74) is 0. The third-order valence-corrected chi connectivity index (χ3v) is 10.1. The van der Waals surface area contributed by atoms with E-state index in [9.17, 15) is 33.6 Å². The van der Waals surface area contributed by atoms with E-state index in [2.05, 4.69) is 0 Å². The summed E-state index contributed by atoms with van der Waals surface area (Å²) in [7, 11) is 0. The first-order valence-electron chi connectivity index (χ1n) is 20.0. The Morgan fingerprint density at radius 2 is 0.794 bits per heavy atom. The van der Waals surface area contributed by atoms with Crippen molar-refractivity contribution in [3.63, 3.8) is 0 Å². The fourth-order valence-corrected chi connectivity index (χ4v) is 7.94. The van der Waals surface area contributed by atoms with Gasteiger partial charge in [0.15, 0.2) is 67.9 Å². The molecule has 63 heavy (non-hydrogen) atoms. The summed E-state index contributed by atoms with van der Waals surface area (Å²) in [6, 6.07) is 0. The Balaban J connectivity index is 1.24. The molecule has 18 atom stereocenters. The normalized spacial score (nSPS) is 41.5. The van der Waals surface area contributed by atoms with Gasteiger partial charge < -0.3 is 75.8 Å². The Morgan fingerprint density at radius 3 is 1.24 bits per heavy atom. The lowest BCUT2D eigenvalue weighted by atomic mass is 9.98. The largest absolute Gasteiger partial charge is 0.463 e. The fraction of sp³-hybridized carbons (Fsp3) is 0.816. The van der Waals surface area contributed by atoms with E-state index in [1.807, 2.05) is 0 Å². The third kappa shape index (κ3) is 11.6. The van der Waals surface area contributed by atoms with Gasteiger partial charge in [0.1, 0.15) is 43.7 Å². The van der Waals surface area contributed by atoms with Gasteiger partial charge in [-0.1, -0.05) is 0 Å². The smallest absolute Gasteiger partial charge is 0.303 e. The van der Waals surface area contributed by atoms with Crippen molar-refractivity contribution in [1.82, 2.24) is 0 Å². The Bertz CT molecular complexity index is 1740. The van der Waals surface area contributed by atoms with Gasteiger partial charge in [-0.2, -0.15) is 0 Å². The Kier molecular flexibility index (Phi) is 15.0. The third-order valence-electron chi connectivity index (χ3n) is 10.1. The number of hydrogen-bond acceptors (Lipinski definition) is 25. The lowest BCUT2D eigenvalue weighted by molar-refractivity contribution is -0.396. The van der Waals surface area contributed by atoms with Crippen LogP contribution in [0, 0.1) is 0 Å². The number of carbonyl (C=O) groups is 7. The number of hydrogen-bond donors (Lipinski definition) is 0. The molecule has 0 radical (unpaired) electrons. The van der Waals surface area contributed by atoms with Crippen LogP contribution in [-0.2, 0) is 119 Å². The zero-order valence-corrected chi connectivity index (χ0v) is 36.1. The van der Waals surface area contributed by atoms with Gasteiger partial charge in [-0.05, 0) is 6.92 Å². The number of ether oxygens (including phenoxy) is 18. The van der Waals surface area contributed by atoms with Gasteiger partial charge in [-0.15, -0.1) is 0 Å². The molecule has 354 valence electrons. The second-order valence-corrected chi connectivity index (χ2v) is 15.4. The Morgan fingerprint density at radius 1 is 0.413 bits per heavy atom. The van der Waals surface area contributed by atoms with Gasteiger partial charge in [-0.25, -0.2) is 0 Å². The highest BCUT2D eigenvalue weighted by Crippen LogP contribution is 2.45. The maximum Gasteiger partial charge on any atom is 0.303 e. The van der Waals surface area contributed by atoms with E-state index in [0.717, 1.165) is 48.5 Å². The van der Waals surface area contributed by atoms with Crippen LogP contribution < -0.4 is 0 Å². The van der Waals surface area contributed by atoms with Crippen LogP contribution in [-0.4, -0.2) is 172 Å². The minimum Gasteiger partial charge on any atom is -0.463 e. The molecule has 6 fully saturated rings. The SMILES string of the molecule is CC(=O)OC[C@@H]1O[C@@H]2O[C@](C)(OC[C@@H]3O[C@@H]4O[C@H](C)O[C@H]4[C@H](O[C@]4(C)O[C@@H]5O[C@@H](COC(C)=O)[C@@H](OC(C)=O)[C@H](OC(C)=O)[C@H]5O4)[C@@H]3OC(C)=O)O[C@H]2[C@H](OC(C)=O)[C@H]1OC(C)=O. The Labute approximate surface area is 359 Å². The molecule has 6 saturated heterocycles. The van der Waals surface area contributed by atoms with E-state index in [1.165, 1.54) is 13.8 Å². The van der Waals surface area contributed by atoms with Crippen molar-refractivity contribution in [1.29, 1.82) is 0 Å². The molecule has 0 aromatic heterocycles. The Hall–Kier alpha value is -4.15.